The van der Waals surface area contributed by atoms with Crippen LogP contribution >= 0.6 is 0 Å². The fourth-order valence-corrected chi connectivity index (χ4v) is 1.79. The number of methoxy groups -OCH3 is 1. The summed E-state index contributed by atoms with van der Waals surface area (Å²) in [6.07, 6.45) is 4.50. The van der Waals surface area contributed by atoms with Gasteiger partial charge in [-0.25, -0.2) is 4.39 Å². The van der Waals surface area contributed by atoms with Crippen LogP contribution in [-0.2, 0) is 0 Å². The lowest BCUT2D eigenvalue weighted by molar-refractivity contribution is 0.386. The van der Waals surface area contributed by atoms with Gasteiger partial charge >= 0.3 is 0 Å². The Balaban J connectivity index is 2.11. The number of halogens is 1. The van der Waals surface area contributed by atoms with Crippen molar-refractivity contribution >= 4 is 17.1 Å². The van der Waals surface area contributed by atoms with Crippen LogP contribution in [0.1, 0.15) is 13.3 Å². The predicted molar refractivity (Wildman–Crippen MR) is 79.3 cm³/mol. The molecule has 20 heavy (non-hydrogen) atoms. The molecule has 2 rings (SSSR count). The first-order valence-corrected chi connectivity index (χ1v) is 6.52. The van der Waals surface area contributed by atoms with Gasteiger partial charge in [-0.05, 0) is 24.6 Å². The Morgan fingerprint density at radius 1 is 1.15 bits per heavy atom. The van der Waals surface area contributed by atoms with Crippen molar-refractivity contribution in [2.75, 3.05) is 24.3 Å². The first-order chi connectivity index (χ1) is 9.72. The number of benzene rings is 1. The van der Waals surface area contributed by atoms with E-state index in [0.29, 0.717) is 5.69 Å². The summed E-state index contributed by atoms with van der Waals surface area (Å²) >= 11 is 0. The van der Waals surface area contributed by atoms with Crippen molar-refractivity contribution in [1.29, 1.82) is 0 Å². The smallest absolute Gasteiger partial charge is 0.167 e. The molecule has 0 amide bonds. The Kier molecular flexibility index (Phi) is 4.76. The Hall–Kier alpha value is -2.30. The largest absolute Gasteiger partial charge is 0.494 e. The molecule has 106 valence electrons. The van der Waals surface area contributed by atoms with Gasteiger partial charge in [0, 0.05) is 18.3 Å². The summed E-state index contributed by atoms with van der Waals surface area (Å²) in [7, 11) is 1.44. The van der Waals surface area contributed by atoms with Crippen molar-refractivity contribution in [3.63, 3.8) is 0 Å². The molecule has 0 spiro atoms. The van der Waals surface area contributed by atoms with Gasteiger partial charge in [0.25, 0.3) is 0 Å². The zero-order chi connectivity index (χ0) is 14.4. The molecular formula is C15H18FN3O. The second-order valence-electron chi connectivity index (χ2n) is 4.36. The molecule has 1 aromatic heterocycles. The summed E-state index contributed by atoms with van der Waals surface area (Å²) in [6, 6.07) is 6.67. The van der Waals surface area contributed by atoms with Gasteiger partial charge in [0.05, 0.1) is 30.9 Å². The molecule has 1 heterocycles. The third-order valence-corrected chi connectivity index (χ3v) is 2.76. The van der Waals surface area contributed by atoms with E-state index >= 15 is 0 Å². The van der Waals surface area contributed by atoms with E-state index in [1.54, 1.807) is 24.5 Å². The minimum Gasteiger partial charge on any atom is -0.494 e. The monoisotopic (exact) mass is 275 g/mol. The fraction of sp³-hybridized carbons (Fsp3) is 0.267. The quantitative estimate of drug-likeness (QED) is 0.842. The van der Waals surface area contributed by atoms with Gasteiger partial charge in [-0.2, -0.15) is 0 Å². The summed E-state index contributed by atoms with van der Waals surface area (Å²) in [5.74, 6) is -0.169. The van der Waals surface area contributed by atoms with Gasteiger partial charge in [0.1, 0.15) is 0 Å². The van der Waals surface area contributed by atoms with Gasteiger partial charge in [-0.1, -0.05) is 6.92 Å². The predicted octanol–water partition coefficient (Wildman–Crippen LogP) is 3.79. The molecule has 0 aliphatic rings. The van der Waals surface area contributed by atoms with Crippen molar-refractivity contribution in [3.05, 3.63) is 42.5 Å². The van der Waals surface area contributed by atoms with Crippen LogP contribution in [0, 0.1) is 5.82 Å². The first-order valence-electron chi connectivity index (χ1n) is 6.52. The lowest BCUT2D eigenvalue weighted by Gasteiger charge is -2.10. The molecule has 2 N–H and O–H groups in total. The highest BCUT2D eigenvalue weighted by molar-refractivity contribution is 5.63. The first kappa shape index (κ1) is 14.1. The Morgan fingerprint density at radius 2 is 1.95 bits per heavy atom. The van der Waals surface area contributed by atoms with Crippen molar-refractivity contribution in [3.8, 4) is 5.75 Å². The number of ether oxygens (including phenoxy) is 1. The van der Waals surface area contributed by atoms with Crippen molar-refractivity contribution in [2.45, 2.75) is 13.3 Å². The van der Waals surface area contributed by atoms with E-state index in [4.69, 9.17) is 4.74 Å². The van der Waals surface area contributed by atoms with Gasteiger partial charge in [-0.15, -0.1) is 0 Å². The second-order valence-corrected chi connectivity index (χ2v) is 4.36. The van der Waals surface area contributed by atoms with E-state index in [0.717, 1.165) is 24.3 Å². The minimum absolute atomic E-state index is 0.229. The molecule has 0 atom stereocenters. The van der Waals surface area contributed by atoms with Crippen LogP contribution in [0.15, 0.2) is 36.7 Å². The highest BCUT2D eigenvalue weighted by Crippen LogP contribution is 2.24. The maximum Gasteiger partial charge on any atom is 0.167 e. The van der Waals surface area contributed by atoms with E-state index in [1.807, 2.05) is 6.07 Å². The third kappa shape index (κ3) is 3.60. The van der Waals surface area contributed by atoms with Crippen LogP contribution in [0.25, 0.3) is 0 Å². The lowest BCUT2D eigenvalue weighted by atomic mass is 10.2. The van der Waals surface area contributed by atoms with Gasteiger partial charge in [-0.3, -0.25) is 4.98 Å². The molecule has 0 aliphatic carbocycles. The number of rotatable bonds is 6. The third-order valence-electron chi connectivity index (χ3n) is 2.76. The van der Waals surface area contributed by atoms with Crippen molar-refractivity contribution in [2.24, 2.45) is 0 Å². The molecule has 0 aliphatic heterocycles. The minimum atomic E-state index is -0.397. The highest BCUT2D eigenvalue weighted by Gasteiger charge is 2.04. The van der Waals surface area contributed by atoms with Crippen LogP contribution in [0.4, 0.5) is 21.5 Å². The van der Waals surface area contributed by atoms with Crippen LogP contribution in [0.2, 0.25) is 0 Å². The Labute approximate surface area is 118 Å². The molecule has 4 nitrogen and oxygen atoms in total. The maximum absolute atomic E-state index is 13.6. The van der Waals surface area contributed by atoms with E-state index in [-0.39, 0.29) is 5.75 Å². The molecule has 0 saturated carbocycles. The summed E-state index contributed by atoms with van der Waals surface area (Å²) in [5, 5.41) is 6.37. The topological polar surface area (TPSA) is 46.2 Å². The molecule has 5 heteroatoms. The van der Waals surface area contributed by atoms with Crippen LogP contribution < -0.4 is 15.4 Å². The zero-order valence-electron chi connectivity index (χ0n) is 11.6. The summed E-state index contributed by atoms with van der Waals surface area (Å²) in [5.41, 5.74) is 2.39. The Morgan fingerprint density at radius 3 is 2.65 bits per heavy atom. The molecule has 0 radical (unpaired) electrons. The number of hydrogen-bond acceptors (Lipinski definition) is 4. The molecule has 1 aromatic carbocycles. The number of pyridine rings is 1. The average molecular weight is 275 g/mol. The van der Waals surface area contributed by atoms with Gasteiger partial charge in [0.15, 0.2) is 11.6 Å². The zero-order valence-corrected chi connectivity index (χ0v) is 11.6. The van der Waals surface area contributed by atoms with E-state index < -0.39 is 5.82 Å². The molecule has 0 fully saturated rings. The SMILES string of the molecule is CCCNc1cncc(Nc2ccc(OC)c(F)c2)c1. The number of hydrogen-bond donors (Lipinski definition) is 2. The average Bonchev–Trinajstić information content (AvgIpc) is 2.46. The van der Waals surface area contributed by atoms with Crippen molar-refractivity contribution in [1.82, 2.24) is 4.98 Å². The number of aromatic nitrogens is 1. The molecule has 0 unspecified atom stereocenters. The van der Waals surface area contributed by atoms with Gasteiger partial charge in [0.2, 0.25) is 0 Å². The molecular weight excluding hydrogens is 257 g/mol. The fourth-order valence-electron chi connectivity index (χ4n) is 1.79. The molecule has 0 saturated heterocycles. The van der Waals surface area contributed by atoms with Crippen LogP contribution in [0.5, 0.6) is 5.75 Å². The lowest BCUT2D eigenvalue weighted by Crippen LogP contribution is -2.01. The molecule has 2 aromatic rings. The summed E-state index contributed by atoms with van der Waals surface area (Å²) in [4.78, 5) is 4.15. The highest BCUT2D eigenvalue weighted by atomic mass is 19.1. The molecule has 0 bridgehead atoms. The summed E-state index contributed by atoms with van der Waals surface area (Å²) < 4.78 is 18.5. The van der Waals surface area contributed by atoms with Crippen LogP contribution in [-0.4, -0.2) is 18.6 Å². The summed E-state index contributed by atoms with van der Waals surface area (Å²) in [6.45, 7) is 2.99. The van der Waals surface area contributed by atoms with E-state index in [1.165, 1.54) is 13.2 Å². The van der Waals surface area contributed by atoms with Crippen LogP contribution in [0.3, 0.4) is 0 Å². The van der Waals surface area contributed by atoms with E-state index in [2.05, 4.69) is 22.5 Å². The van der Waals surface area contributed by atoms with E-state index in [9.17, 15) is 4.39 Å². The number of anilines is 3. The number of nitrogens with zero attached hydrogens (tertiary/aromatic N) is 1. The normalized spacial score (nSPS) is 10.2. The second kappa shape index (κ2) is 6.75. The number of nitrogens with one attached hydrogen (secondary N) is 2. The maximum atomic E-state index is 13.6. The standard InChI is InChI=1S/C15H18FN3O/c1-3-6-18-12-7-13(10-17-9-12)19-11-4-5-15(20-2)14(16)8-11/h4-5,7-10,18-19H,3,6H2,1-2H3. The Bertz CT molecular complexity index is 575. The van der Waals surface area contributed by atoms with Crippen molar-refractivity contribution < 1.29 is 9.13 Å². The van der Waals surface area contributed by atoms with Gasteiger partial charge < -0.3 is 15.4 Å².